The van der Waals surface area contributed by atoms with Crippen LogP contribution in [-0.2, 0) is 16.6 Å². The molecular weight excluding hydrogens is 300 g/mol. The van der Waals surface area contributed by atoms with Crippen molar-refractivity contribution in [2.75, 3.05) is 7.11 Å². The average Bonchev–Trinajstić information content (AvgIpc) is 2.85. The van der Waals surface area contributed by atoms with E-state index in [1.165, 1.54) is 0 Å². The van der Waals surface area contributed by atoms with Crippen molar-refractivity contribution in [2.45, 2.75) is 24.7 Å². The predicted octanol–water partition coefficient (Wildman–Crippen LogP) is 4.06. The Bertz CT molecular complexity index is 709. The van der Waals surface area contributed by atoms with Crippen molar-refractivity contribution >= 4 is 17.6 Å². The summed E-state index contributed by atoms with van der Waals surface area (Å²) in [5.41, 5.74) is 2.74. The van der Waals surface area contributed by atoms with Gasteiger partial charge in [-0.3, -0.25) is 4.79 Å². The van der Waals surface area contributed by atoms with Crippen LogP contribution in [0.25, 0.3) is 0 Å². The molecule has 0 bridgehead atoms. The van der Waals surface area contributed by atoms with E-state index in [0.717, 1.165) is 35.3 Å². The second-order valence-corrected chi connectivity index (χ2v) is 6.12. The molecule has 3 nitrogen and oxygen atoms in total. The number of carboxylic acid groups (broad SMARTS) is 1. The van der Waals surface area contributed by atoms with Gasteiger partial charge in [0.15, 0.2) is 0 Å². The predicted molar refractivity (Wildman–Crippen MR) is 85.8 cm³/mol. The van der Waals surface area contributed by atoms with Crippen LogP contribution in [0.15, 0.2) is 42.5 Å². The number of benzene rings is 2. The first-order valence-electron chi connectivity index (χ1n) is 7.20. The molecule has 114 valence electrons. The van der Waals surface area contributed by atoms with E-state index in [1.54, 1.807) is 7.11 Å². The van der Waals surface area contributed by atoms with E-state index in [2.05, 4.69) is 0 Å². The van der Waals surface area contributed by atoms with Crippen LogP contribution in [0.4, 0.5) is 0 Å². The van der Waals surface area contributed by atoms with E-state index in [9.17, 15) is 9.90 Å². The Kier molecular flexibility index (Phi) is 3.83. The molecule has 0 amide bonds. The van der Waals surface area contributed by atoms with Crippen molar-refractivity contribution in [1.82, 2.24) is 0 Å². The van der Waals surface area contributed by atoms with Crippen LogP contribution in [0.3, 0.4) is 0 Å². The van der Waals surface area contributed by atoms with E-state index in [4.69, 9.17) is 16.3 Å². The molecular formula is C18H17ClO3. The molecule has 0 radical (unpaired) electrons. The number of aliphatic carboxylic acids is 1. The van der Waals surface area contributed by atoms with Crippen molar-refractivity contribution in [1.29, 1.82) is 0 Å². The molecule has 22 heavy (non-hydrogen) atoms. The van der Waals surface area contributed by atoms with Gasteiger partial charge in [-0.2, -0.15) is 0 Å². The van der Waals surface area contributed by atoms with Gasteiger partial charge in [-0.25, -0.2) is 0 Å². The van der Waals surface area contributed by atoms with Crippen LogP contribution >= 0.6 is 11.6 Å². The fourth-order valence-corrected chi connectivity index (χ4v) is 3.67. The van der Waals surface area contributed by atoms with Crippen LogP contribution < -0.4 is 4.74 Å². The van der Waals surface area contributed by atoms with Gasteiger partial charge in [0.2, 0.25) is 0 Å². The molecule has 2 aromatic carbocycles. The van der Waals surface area contributed by atoms with E-state index >= 15 is 0 Å². The van der Waals surface area contributed by atoms with E-state index < -0.39 is 11.4 Å². The maximum absolute atomic E-state index is 11.5. The highest BCUT2D eigenvalue weighted by Crippen LogP contribution is 2.47. The fourth-order valence-electron chi connectivity index (χ4n) is 3.47. The third kappa shape index (κ3) is 2.46. The van der Waals surface area contributed by atoms with Gasteiger partial charge in [-0.1, -0.05) is 29.8 Å². The van der Waals surface area contributed by atoms with E-state index in [1.807, 2.05) is 42.5 Å². The Balaban J connectivity index is 2.13. The zero-order valence-corrected chi connectivity index (χ0v) is 13.1. The molecule has 0 saturated heterocycles. The number of carbonyl (C=O) groups is 1. The van der Waals surface area contributed by atoms with Gasteiger partial charge in [0.05, 0.1) is 13.5 Å². The number of halogens is 1. The zero-order chi connectivity index (χ0) is 15.7. The lowest BCUT2D eigenvalue weighted by molar-refractivity contribution is -0.138. The molecule has 0 saturated carbocycles. The summed E-state index contributed by atoms with van der Waals surface area (Å²) in [5, 5.41) is 10.1. The monoisotopic (exact) mass is 316 g/mol. The third-order valence-corrected chi connectivity index (χ3v) is 4.73. The van der Waals surface area contributed by atoms with Gasteiger partial charge in [0.1, 0.15) is 5.75 Å². The zero-order valence-electron chi connectivity index (χ0n) is 12.3. The van der Waals surface area contributed by atoms with Crippen molar-refractivity contribution in [3.05, 3.63) is 64.2 Å². The maximum atomic E-state index is 11.5. The Morgan fingerprint density at radius 2 is 2.00 bits per heavy atom. The minimum absolute atomic E-state index is 0.0773. The van der Waals surface area contributed by atoms with Crippen LogP contribution in [-0.4, -0.2) is 18.2 Å². The van der Waals surface area contributed by atoms with Gasteiger partial charge < -0.3 is 9.84 Å². The van der Waals surface area contributed by atoms with Gasteiger partial charge in [0, 0.05) is 10.4 Å². The number of carboxylic acids is 1. The second-order valence-electron chi connectivity index (χ2n) is 5.68. The van der Waals surface area contributed by atoms with Gasteiger partial charge in [0.25, 0.3) is 0 Å². The number of fused-ring (bicyclic) bond motifs is 1. The molecule has 1 aliphatic rings. The highest BCUT2D eigenvalue weighted by atomic mass is 35.5. The summed E-state index contributed by atoms with van der Waals surface area (Å²) in [5.74, 6) is -0.0258. The third-order valence-electron chi connectivity index (χ3n) is 4.50. The lowest BCUT2D eigenvalue weighted by Gasteiger charge is -2.30. The van der Waals surface area contributed by atoms with E-state index in [0.29, 0.717) is 5.02 Å². The highest BCUT2D eigenvalue weighted by Gasteiger charge is 2.42. The largest absolute Gasteiger partial charge is 0.497 e. The summed E-state index contributed by atoms with van der Waals surface area (Å²) in [6.07, 6.45) is 1.70. The summed E-state index contributed by atoms with van der Waals surface area (Å²) in [6, 6.07) is 13.4. The number of hydrogen-bond donors (Lipinski definition) is 1. The quantitative estimate of drug-likeness (QED) is 0.925. The molecule has 0 heterocycles. The number of hydrogen-bond acceptors (Lipinski definition) is 2. The summed E-state index contributed by atoms with van der Waals surface area (Å²) in [7, 11) is 1.62. The molecule has 1 N–H and O–H groups in total. The summed E-state index contributed by atoms with van der Waals surface area (Å²) >= 11 is 6.07. The molecule has 4 heteroatoms. The van der Waals surface area contributed by atoms with Crippen molar-refractivity contribution in [2.24, 2.45) is 0 Å². The highest BCUT2D eigenvalue weighted by molar-refractivity contribution is 6.30. The molecule has 0 aliphatic heterocycles. The number of methoxy groups -OCH3 is 1. The Morgan fingerprint density at radius 3 is 2.64 bits per heavy atom. The first kappa shape index (κ1) is 14.9. The average molecular weight is 317 g/mol. The Hall–Kier alpha value is -2.00. The summed E-state index contributed by atoms with van der Waals surface area (Å²) in [4.78, 5) is 11.5. The topological polar surface area (TPSA) is 46.5 Å². The van der Waals surface area contributed by atoms with Crippen LogP contribution in [0, 0.1) is 0 Å². The SMILES string of the molecule is COc1ccc(C2(CC(=O)O)CCc3cc(Cl)ccc32)cc1. The molecule has 1 aliphatic carbocycles. The van der Waals surface area contributed by atoms with Gasteiger partial charge in [-0.15, -0.1) is 0 Å². The van der Waals surface area contributed by atoms with Crippen LogP contribution in [0.2, 0.25) is 5.02 Å². The van der Waals surface area contributed by atoms with E-state index in [-0.39, 0.29) is 6.42 Å². The first-order valence-corrected chi connectivity index (χ1v) is 7.58. The standard InChI is InChI=1S/C18H17ClO3/c1-22-15-5-2-13(3-6-15)18(11-17(20)21)9-8-12-10-14(19)4-7-16(12)18/h2-7,10H,8-9,11H2,1H3,(H,20,21). The normalized spacial score (nSPS) is 19.7. The smallest absolute Gasteiger partial charge is 0.304 e. The lowest BCUT2D eigenvalue weighted by Crippen LogP contribution is -2.28. The molecule has 1 atom stereocenters. The number of ether oxygens (including phenoxy) is 1. The number of aryl methyl sites for hydroxylation is 1. The van der Waals surface area contributed by atoms with Crippen molar-refractivity contribution in [3.8, 4) is 5.75 Å². The first-order chi connectivity index (χ1) is 10.5. The molecule has 0 spiro atoms. The molecule has 3 rings (SSSR count). The summed E-state index contributed by atoms with van der Waals surface area (Å²) < 4.78 is 5.20. The molecule has 1 unspecified atom stereocenters. The Morgan fingerprint density at radius 1 is 1.27 bits per heavy atom. The minimum Gasteiger partial charge on any atom is -0.497 e. The fraction of sp³-hybridized carbons (Fsp3) is 0.278. The minimum atomic E-state index is -0.793. The number of rotatable bonds is 4. The van der Waals surface area contributed by atoms with Gasteiger partial charge in [-0.05, 0) is 53.8 Å². The molecule has 0 aromatic heterocycles. The van der Waals surface area contributed by atoms with Crippen LogP contribution in [0.1, 0.15) is 29.5 Å². The Labute approximate surface area is 134 Å². The second kappa shape index (κ2) is 5.65. The van der Waals surface area contributed by atoms with Crippen LogP contribution in [0.5, 0.6) is 5.75 Å². The van der Waals surface area contributed by atoms with Crippen molar-refractivity contribution in [3.63, 3.8) is 0 Å². The molecule has 0 fully saturated rings. The lowest BCUT2D eigenvalue weighted by atomic mass is 9.73. The maximum Gasteiger partial charge on any atom is 0.304 e. The summed E-state index contributed by atoms with van der Waals surface area (Å²) in [6.45, 7) is 0. The molecule has 2 aromatic rings. The van der Waals surface area contributed by atoms with Crippen molar-refractivity contribution < 1.29 is 14.6 Å². The van der Waals surface area contributed by atoms with Gasteiger partial charge >= 0.3 is 5.97 Å².